The van der Waals surface area contributed by atoms with Gasteiger partial charge in [0.1, 0.15) is 18.3 Å². The van der Waals surface area contributed by atoms with Gasteiger partial charge in [0.2, 0.25) is 11.8 Å². The molecule has 0 aromatic carbocycles. The van der Waals surface area contributed by atoms with E-state index in [-0.39, 0.29) is 12.5 Å². The van der Waals surface area contributed by atoms with E-state index in [1.165, 1.54) is 6.20 Å². The summed E-state index contributed by atoms with van der Waals surface area (Å²) >= 11 is 0. The number of fused-ring (bicyclic) bond motifs is 1. The molecule has 1 atom stereocenters. The summed E-state index contributed by atoms with van der Waals surface area (Å²) in [7, 11) is 0. The lowest BCUT2D eigenvalue weighted by atomic mass is 10.3. The van der Waals surface area contributed by atoms with E-state index in [4.69, 9.17) is 20.4 Å². The molecule has 1 aliphatic heterocycles. The molecule has 0 saturated carbocycles. The second-order valence-corrected chi connectivity index (χ2v) is 3.04. The molecule has 0 unspecified atom stereocenters. The van der Waals surface area contributed by atoms with Gasteiger partial charge in [-0.05, 0) is 0 Å². The first-order chi connectivity index (χ1) is 7.50. The van der Waals surface area contributed by atoms with Crippen molar-refractivity contribution in [3.8, 4) is 5.88 Å². The fraction of sp³-hybridized carbons (Fsp3) is 0.375. The summed E-state index contributed by atoms with van der Waals surface area (Å²) in [5.41, 5.74) is 5.98. The zero-order chi connectivity index (χ0) is 12.1. The van der Waals surface area contributed by atoms with E-state index >= 15 is 0 Å². The summed E-state index contributed by atoms with van der Waals surface area (Å²) in [6, 6.07) is -0.620. The van der Waals surface area contributed by atoms with Crippen molar-refractivity contribution >= 4 is 17.6 Å². The number of carbonyl (C=O) groups excluding carboxylic acids is 1. The number of H-pyrrole nitrogens is 1. The van der Waals surface area contributed by atoms with Crippen LogP contribution in [0.3, 0.4) is 0 Å². The highest BCUT2D eigenvalue weighted by Crippen LogP contribution is 2.22. The number of aliphatic carboxylic acids is 1. The Labute approximate surface area is 90.8 Å². The largest absolute Gasteiger partial charge is 0.481 e. The topological polar surface area (TPSA) is 130 Å². The Morgan fingerprint density at radius 3 is 3.00 bits per heavy atom. The van der Waals surface area contributed by atoms with E-state index in [0.717, 1.165) is 6.92 Å². The Bertz CT molecular complexity index is 385. The van der Waals surface area contributed by atoms with E-state index < -0.39 is 12.0 Å². The molecule has 2 heterocycles. The number of nitrogens with one attached hydrogen (secondary N) is 2. The molecular weight excluding hydrogens is 216 g/mol. The van der Waals surface area contributed by atoms with Crippen molar-refractivity contribution in [1.29, 1.82) is 0 Å². The SMILES string of the molecule is CC(=O)O.N[C@H]1COc2[nH]ncc2NC1=O. The van der Waals surface area contributed by atoms with Crippen LogP contribution in [0.2, 0.25) is 0 Å². The smallest absolute Gasteiger partial charge is 0.300 e. The number of aromatic nitrogens is 2. The van der Waals surface area contributed by atoms with Crippen molar-refractivity contribution < 1.29 is 19.4 Å². The first-order valence-corrected chi connectivity index (χ1v) is 4.43. The molecule has 0 saturated heterocycles. The van der Waals surface area contributed by atoms with Crippen LogP contribution in [-0.4, -0.2) is 39.8 Å². The first-order valence-electron chi connectivity index (χ1n) is 4.43. The number of hydrogen-bond acceptors (Lipinski definition) is 5. The first kappa shape index (κ1) is 12.0. The summed E-state index contributed by atoms with van der Waals surface area (Å²) in [5.74, 6) is -0.633. The van der Waals surface area contributed by atoms with Crippen molar-refractivity contribution in [2.45, 2.75) is 13.0 Å². The molecule has 0 spiro atoms. The summed E-state index contributed by atoms with van der Waals surface area (Å²) in [4.78, 5) is 20.1. The van der Waals surface area contributed by atoms with Crippen LogP contribution < -0.4 is 15.8 Å². The number of aromatic amines is 1. The molecule has 88 valence electrons. The fourth-order valence-corrected chi connectivity index (χ4v) is 0.948. The van der Waals surface area contributed by atoms with Crippen molar-refractivity contribution in [2.75, 3.05) is 11.9 Å². The Kier molecular flexibility index (Phi) is 3.84. The Hall–Kier alpha value is -2.09. The normalized spacial score (nSPS) is 18.1. The van der Waals surface area contributed by atoms with Gasteiger partial charge in [-0.3, -0.25) is 9.59 Å². The molecule has 16 heavy (non-hydrogen) atoms. The van der Waals surface area contributed by atoms with Crippen LogP contribution in [0.15, 0.2) is 6.20 Å². The minimum Gasteiger partial charge on any atom is -0.481 e. The van der Waals surface area contributed by atoms with Crippen LogP contribution >= 0.6 is 0 Å². The number of nitrogens with two attached hydrogens (primary N) is 1. The molecule has 2 rings (SSSR count). The highest BCUT2D eigenvalue weighted by Gasteiger charge is 2.21. The lowest BCUT2D eigenvalue weighted by Gasteiger charge is -2.04. The van der Waals surface area contributed by atoms with Gasteiger partial charge in [0.25, 0.3) is 5.97 Å². The van der Waals surface area contributed by atoms with Gasteiger partial charge in [-0.1, -0.05) is 0 Å². The second-order valence-electron chi connectivity index (χ2n) is 3.04. The molecule has 8 heteroatoms. The summed E-state index contributed by atoms with van der Waals surface area (Å²) < 4.78 is 5.14. The number of anilines is 1. The number of nitrogens with zero attached hydrogens (tertiary/aromatic N) is 1. The van der Waals surface area contributed by atoms with Gasteiger partial charge in [0.15, 0.2) is 0 Å². The predicted octanol–water partition coefficient (Wildman–Crippen LogP) is -0.841. The highest BCUT2D eigenvalue weighted by atomic mass is 16.5. The second kappa shape index (κ2) is 5.12. The molecule has 0 bridgehead atoms. The summed E-state index contributed by atoms with van der Waals surface area (Å²) in [6.07, 6.45) is 1.48. The third kappa shape index (κ3) is 3.24. The standard InChI is InChI=1S/C6H8N4O2.C2H4O2/c7-3-2-12-6-4(1-8-10-6)9-5(3)11;1-2(3)4/h1,3H,2,7H2,(H,8,10)(H,9,11);1H3,(H,3,4)/t3-;/m0./s1. The maximum absolute atomic E-state index is 11.1. The molecule has 8 nitrogen and oxygen atoms in total. The van der Waals surface area contributed by atoms with Crippen molar-refractivity contribution in [2.24, 2.45) is 5.73 Å². The number of amides is 1. The molecule has 1 aliphatic rings. The lowest BCUT2D eigenvalue weighted by Crippen LogP contribution is -2.38. The average molecular weight is 228 g/mol. The van der Waals surface area contributed by atoms with E-state index in [1.54, 1.807) is 0 Å². The number of carboxylic acid groups (broad SMARTS) is 1. The number of carboxylic acids is 1. The zero-order valence-corrected chi connectivity index (χ0v) is 8.56. The average Bonchev–Trinajstić information content (AvgIpc) is 2.56. The fourth-order valence-electron chi connectivity index (χ4n) is 0.948. The Morgan fingerprint density at radius 2 is 2.38 bits per heavy atom. The number of hydrogen-bond donors (Lipinski definition) is 4. The van der Waals surface area contributed by atoms with E-state index in [0.29, 0.717) is 11.6 Å². The van der Waals surface area contributed by atoms with Gasteiger partial charge in [0, 0.05) is 6.92 Å². The molecule has 5 N–H and O–H groups in total. The molecule has 1 aromatic heterocycles. The lowest BCUT2D eigenvalue weighted by molar-refractivity contribution is -0.134. The van der Waals surface area contributed by atoms with Gasteiger partial charge >= 0.3 is 0 Å². The molecule has 1 aromatic rings. The molecule has 0 radical (unpaired) electrons. The van der Waals surface area contributed by atoms with E-state index in [1.807, 2.05) is 0 Å². The number of ether oxygens (including phenoxy) is 1. The quantitative estimate of drug-likeness (QED) is 0.458. The Balaban J connectivity index is 0.000000280. The predicted molar refractivity (Wildman–Crippen MR) is 54.0 cm³/mol. The van der Waals surface area contributed by atoms with Gasteiger partial charge in [-0.25, -0.2) is 5.10 Å². The number of carbonyl (C=O) groups is 2. The monoisotopic (exact) mass is 228 g/mol. The van der Waals surface area contributed by atoms with E-state index in [9.17, 15) is 4.79 Å². The van der Waals surface area contributed by atoms with Crippen LogP contribution in [0.5, 0.6) is 5.88 Å². The van der Waals surface area contributed by atoms with Gasteiger partial charge in [-0.2, -0.15) is 5.10 Å². The third-order valence-corrected chi connectivity index (χ3v) is 1.61. The summed E-state index contributed by atoms with van der Waals surface area (Å²) in [5, 5.41) is 16.3. The maximum atomic E-state index is 11.1. The minimum absolute atomic E-state index is 0.168. The zero-order valence-electron chi connectivity index (χ0n) is 8.56. The van der Waals surface area contributed by atoms with E-state index in [2.05, 4.69) is 15.5 Å². The molecule has 0 aliphatic carbocycles. The number of rotatable bonds is 0. The van der Waals surface area contributed by atoms with Crippen LogP contribution in [0.1, 0.15) is 6.92 Å². The summed E-state index contributed by atoms with van der Waals surface area (Å²) in [6.45, 7) is 1.25. The van der Waals surface area contributed by atoms with Crippen LogP contribution in [-0.2, 0) is 9.59 Å². The minimum atomic E-state index is -0.833. The van der Waals surface area contributed by atoms with Crippen LogP contribution in [0.4, 0.5) is 5.69 Å². The van der Waals surface area contributed by atoms with Gasteiger partial charge in [-0.15, -0.1) is 0 Å². The molecule has 1 amide bonds. The molecular formula is C8H12N4O4. The van der Waals surface area contributed by atoms with Crippen LogP contribution in [0, 0.1) is 0 Å². The van der Waals surface area contributed by atoms with Crippen molar-refractivity contribution in [3.63, 3.8) is 0 Å². The van der Waals surface area contributed by atoms with Crippen molar-refractivity contribution in [1.82, 2.24) is 10.2 Å². The highest BCUT2D eigenvalue weighted by molar-refractivity contribution is 5.96. The maximum Gasteiger partial charge on any atom is 0.300 e. The van der Waals surface area contributed by atoms with Crippen LogP contribution in [0.25, 0.3) is 0 Å². The Morgan fingerprint density at radius 1 is 1.75 bits per heavy atom. The van der Waals surface area contributed by atoms with Crippen molar-refractivity contribution in [3.05, 3.63) is 6.20 Å². The third-order valence-electron chi connectivity index (χ3n) is 1.61. The molecule has 0 fully saturated rings. The van der Waals surface area contributed by atoms with Gasteiger partial charge < -0.3 is 20.9 Å². The van der Waals surface area contributed by atoms with Gasteiger partial charge in [0.05, 0.1) is 6.20 Å².